The quantitative estimate of drug-likeness (QED) is 0.367. The smallest absolute Gasteiger partial charge is 0.250 e. The molecule has 1 aliphatic carbocycles. The second-order valence-corrected chi connectivity index (χ2v) is 8.51. The Kier molecular flexibility index (Phi) is 5.82. The van der Waals surface area contributed by atoms with E-state index in [0.717, 1.165) is 22.3 Å². The van der Waals surface area contributed by atoms with E-state index in [2.05, 4.69) is 10.6 Å². The number of phenols is 2. The van der Waals surface area contributed by atoms with E-state index < -0.39 is 17.9 Å². The predicted octanol–water partition coefficient (Wildman–Crippen LogP) is 3.98. The monoisotopic (exact) mass is 446 g/mol. The molecule has 3 aromatic carbocycles. The van der Waals surface area contributed by atoms with Gasteiger partial charge in [-0.1, -0.05) is 18.2 Å². The van der Waals surface area contributed by atoms with Gasteiger partial charge in [0.1, 0.15) is 6.61 Å². The van der Waals surface area contributed by atoms with Gasteiger partial charge < -0.3 is 26.0 Å². The number of phenolic OH excluding ortho intramolecular Hbond substituents is 2. The van der Waals surface area contributed by atoms with Gasteiger partial charge >= 0.3 is 0 Å². The Morgan fingerprint density at radius 2 is 1.52 bits per heavy atom. The van der Waals surface area contributed by atoms with Crippen LogP contribution in [0.1, 0.15) is 29.5 Å². The van der Waals surface area contributed by atoms with Crippen molar-refractivity contribution >= 4 is 23.2 Å². The molecule has 2 amide bonds. The second-order valence-electron chi connectivity index (χ2n) is 8.51. The molecule has 7 nitrogen and oxygen atoms in total. The van der Waals surface area contributed by atoms with E-state index in [-0.39, 0.29) is 17.4 Å². The fourth-order valence-corrected chi connectivity index (χ4v) is 4.08. The SMILES string of the molecule is Cc1cc(NC(=O)CO)ccc1-c1cc(NC(=O)C2(c3ccc(O)c(O)c3)CC2)ccc1C. The molecular weight excluding hydrogens is 420 g/mol. The maximum Gasteiger partial charge on any atom is 0.250 e. The third-order valence-corrected chi connectivity index (χ3v) is 6.15. The zero-order chi connectivity index (χ0) is 23.8. The highest BCUT2D eigenvalue weighted by Gasteiger charge is 2.51. The average Bonchev–Trinajstić information content (AvgIpc) is 3.59. The molecule has 0 heterocycles. The van der Waals surface area contributed by atoms with Crippen LogP contribution in [0, 0.1) is 13.8 Å². The molecule has 33 heavy (non-hydrogen) atoms. The molecule has 4 rings (SSSR count). The van der Waals surface area contributed by atoms with Crippen molar-refractivity contribution in [1.82, 2.24) is 0 Å². The Labute approximate surface area is 191 Å². The number of aliphatic hydroxyl groups excluding tert-OH is 1. The van der Waals surface area contributed by atoms with Gasteiger partial charge in [-0.2, -0.15) is 0 Å². The summed E-state index contributed by atoms with van der Waals surface area (Å²) in [6, 6.07) is 15.7. The van der Waals surface area contributed by atoms with Gasteiger partial charge in [-0.05, 0) is 90.9 Å². The van der Waals surface area contributed by atoms with Crippen LogP contribution in [0.25, 0.3) is 11.1 Å². The van der Waals surface area contributed by atoms with Gasteiger partial charge in [0.25, 0.3) is 0 Å². The van der Waals surface area contributed by atoms with Crippen molar-refractivity contribution < 1.29 is 24.9 Å². The van der Waals surface area contributed by atoms with Gasteiger partial charge in [0.15, 0.2) is 11.5 Å². The van der Waals surface area contributed by atoms with E-state index in [4.69, 9.17) is 5.11 Å². The van der Waals surface area contributed by atoms with Crippen LogP contribution in [0.4, 0.5) is 11.4 Å². The molecule has 1 saturated carbocycles. The summed E-state index contributed by atoms with van der Waals surface area (Å²) < 4.78 is 0. The average molecular weight is 447 g/mol. The maximum absolute atomic E-state index is 13.2. The van der Waals surface area contributed by atoms with Crippen LogP contribution >= 0.6 is 0 Å². The number of benzene rings is 3. The van der Waals surface area contributed by atoms with Crippen molar-refractivity contribution in [1.29, 1.82) is 0 Å². The summed E-state index contributed by atoms with van der Waals surface area (Å²) in [5.74, 6) is -1.08. The lowest BCUT2D eigenvalue weighted by Crippen LogP contribution is -2.27. The Morgan fingerprint density at radius 3 is 2.15 bits per heavy atom. The first-order valence-electron chi connectivity index (χ1n) is 10.7. The molecule has 0 aliphatic heterocycles. The molecule has 1 aliphatic rings. The van der Waals surface area contributed by atoms with Crippen molar-refractivity contribution in [3.8, 4) is 22.6 Å². The first-order valence-corrected chi connectivity index (χ1v) is 10.7. The van der Waals surface area contributed by atoms with Gasteiger partial charge in [-0.25, -0.2) is 0 Å². The first-order chi connectivity index (χ1) is 15.7. The van der Waals surface area contributed by atoms with Gasteiger partial charge in [0, 0.05) is 11.4 Å². The molecule has 0 bridgehead atoms. The number of amides is 2. The number of aromatic hydroxyl groups is 2. The standard InChI is InChI=1S/C26H26N2O5/c1-15-3-5-19(13-21(15)20-7-6-18(11-16(20)2)27-24(32)14-29)28-25(33)26(9-10-26)17-4-8-22(30)23(31)12-17/h3-8,11-13,29-31H,9-10,14H2,1-2H3,(H,27,32)(H,28,33). The molecular formula is C26H26N2O5. The molecule has 0 radical (unpaired) electrons. The van der Waals surface area contributed by atoms with Crippen LogP contribution in [0.5, 0.6) is 11.5 Å². The summed E-state index contributed by atoms with van der Waals surface area (Å²) in [6.45, 7) is 3.35. The normalized spacial score (nSPS) is 13.9. The number of nitrogens with one attached hydrogen (secondary N) is 2. The van der Waals surface area contributed by atoms with E-state index in [0.29, 0.717) is 29.8 Å². The second kappa shape index (κ2) is 8.60. The van der Waals surface area contributed by atoms with E-state index in [1.165, 1.54) is 12.1 Å². The largest absolute Gasteiger partial charge is 0.504 e. The Morgan fingerprint density at radius 1 is 0.818 bits per heavy atom. The molecule has 5 N–H and O–H groups in total. The number of hydrogen-bond donors (Lipinski definition) is 5. The van der Waals surface area contributed by atoms with E-state index in [9.17, 15) is 19.8 Å². The molecule has 0 aromatic heterocycles. The maximum atomic E-state index is 13.2. The third kappa shape index (κ3) is 4.40. The van der Waals surface area contributed by atoms with Gasteiger partial charge in [-0.3, -0.25) is 9.59 Å². The molecule has 0 spiro atoms. The Balaban J connectivity index is 1.58. The van der Waals surface area contributed by atoms with Crippen LogP contribution < -0.4 is 10.6 Å². The van der Waals surface area contributed by atoms with Crippen LogP contribution in [0.15, 0.2) is 54.6 Å². The number of hydrogen-bond acceptors (Lipinski definition) is 5. The zero-order valence-corrected chi connectivity index (χ0v) is 18.5. The first kappa shape index (κ1) is 22.4. The summed E-state index contributed by atoms with van der Waals surface area (Å²) in [6.07, 6.45) is 1.34. The zero-order valence-electron chi connectivity index (χ0n) is 18.5. The summed E-state index contributed by atoms with van der Waals surface area (Å²) >= 11 is 0. The van der Waals surface area contributed by atoms with Gasteiger partial charge in [-0.15, -0.1) is 0 Å². The fraction of sp³-hybridized carbons (Fsp3) is 0.231. The molecule has 0 atom stereocenters. The molecule has 3 aromatic rings. The lowest BCUT2D eigenvalue weighted by Gasteiger charge is -2.18. The number of rotatable bonds is 6. The minimum Gasteiger partial charge on any atom is -0.504 e. The number of carbonyl (C=O) groups excluding carboxylic acids is 2. The fourth-order valence-electron chi connectivity index (χ4n) is 4.08. The highest BCUT2D eigenvalue weighted by molar-refractivity contribution is 6.02. The van der Waals surface area contributed by atoms with E-state index in [1.807, 2.05) is 44.2 Å². The van der Waals surface area contributed by atoms with Gasteiger partial charge in [0.2, 0.25) is 11.8 Å². The molecule has 0 unspecified atom stereocenters. The minimum atomic E-state index is -0.710. The molecule has 7 heteroatoms. The third-order valence-electron chi connectivity index (χ3n) is 6.15. The molecule has 1 fully saturated rings. The lowest BCUT2D eigenvalue weighted by molar-refractivity contribution is -0.119. The van der Waals surface area contributed by atoms with Crippen molar-refractivity contribution in [3.05, 3.63) is 71.3 Å². The molecule has 0 saturated heterocycles. The number of carbonyl (C=O) groups is 2. The van der Waals surface area contributed by atoms with Crippen LogP contribution in [0.3, 0.4) is 0 Å². The Hall–Kier alpha value is -3.84. The highest BCUT2D eigenvalue weighted by Crippen LogP contribution is 2.50. The van der Waals surface area contributed by atoms with Crippen molar-refractivity contribution in [2.75, 3.05) is 17.2 Å². The van der Waals surface area contributed by atoms with Crippen molar-refractivity contribution in [3.63, 3.8) is 0 Å². The van der Waals surface area contributed by atoms with Crippen LogP contribution in [-0.2, 0) is 15.0 Å². The minimum absolute atomic E-state index is 0.152. The Bertz CT molecular complexity index is 1250. The summed E-state index contributed by atoms with van der Waals surface area (Å²) in [4.78, 5) is 24.6. The van der Waals surface area contributed by atoms with E-state index in [1.54, 1.807) is 12.1 Å². The van der Waals surface area contributed by atoms with E-state index >= 15 is 0 Å². The van der Waals surface area contributed by atoms with Crippen molar-refractivity contribution in [2.45, 2.75) is 32.1 Å². The van der Waals surface area contributed by atoms with Gasteiger partial charge in [0.05, 0.1) is 5.41 Å². The lowest BCUT2D eigenvalue weighted by atomic mass is 9.93. The van der Waals surface area contributed by atoms with Crippen LogP contribution in [0.2, 0.25) is 0 Å². The predicted molar refractivity (Wildman–Crippen MR) is 126 cm³/mol. The van der Waals surface area contributed by atoms with Crippen LogP contribution in [-0.4, -0.2) is 33.7 Å². The topological polar surface area (TPSA) is 119 Å². The summed E-state index contributed by atoms with van der Waals surface area (Å²) in [5, 5.41) is 34.0. The highest BCUT2D eigenvalue weighted by atomic mass is 16.3. The number of aryl methyl sites for hydroxylation is 2. The van der Waals surface area contributed by atoms with Crippen molar-refractivity contribution in [2.24, 2.45) is 0 Å². The summed E-state index contributed by atoms with van der Waals surface area (Å²) in [5.41, 5.74) is 5.13. The number of anilines is 2. The summed E-state index contributed by atoms with van der Waals surface area (Å²) in [7, 11) is 0. The number of aliphatic hydroxyl groups is 1. The molecule has 170 valence electrons.